The molecule has 0 saturated carbocycles. The largest absolute Gasteiger partial charge is 0.352 e. The monoisotopic (exact) mass is 427 g/mol. The van der Waals surface area contributed by atoms with Crippen molar-refractivity contribution in [2.75, 3.05) is 12.7 Å². The van der Waals surface area contributed by atoms with Crippen molar-refractivity contribution in [3.8, 4) is 0 Å². The predicted octanol–water partition coefficient (Wildman–Crippen LogP) is 2.74. The maximum atomic E-state index is 12.3. The lowest BCUT2D eigenvalue weighted by Gasteiger charge is -2.19. The summed E-state index contributed by atoms with van der Waals surface area (Å²) in [7, 11) is -4.75. The molecule has 0 aromatic heterocycles. The fourth-order valence-electron chi connectivity index (χ4n) is 2.95. The number of carbonyl (C=O) groups is 1. The minimum atomic E-state index is -4.02. The molecular formula is C22H23NO4P2. The first-order valence-corrected chi connectivity index (χ1v) is 12.4. The molecule has 0 aliphatic heterocycles. The van der Waals surface area contributed by atoms with E-state index in [9.17, 15) is 9.36 Å². The van der Waals surface area contributed by atoms with Gasteiger partial charge in [-0.15, -0.1) is 0 Å². The molecule has 150 valence electrons. The second-order valence-electron chi connectivity index (χ2n) is 6.55. The van der Waals surface area contributed by atoms with Gasteiger partial charge in [0.25, 0.3) is 5.91 Å². The molecule has 3 aromatic rings. The van der Waals surface area contributed by atoms with Crippen molar-refractivity contribution in [1.82, 2.24) is 5.32 Å². The Morgan fingerprint density at radius 1 is 0.793 bits per heavy atom. The first kappa shape index (κ1) is 21.4. The van der Waals surface area contributed by atoms with Crippen LogP contribution in [0.1, 0.15) is 16.8 Å². The fraction of sp³-hybridized carbons (Fsp3) is 0.136. The van der Waals surface area contributed by atoms with Crippen molar-refractivity contribution >= 4 is 37.3 Å². The minimum Gasteiger partial charge on any atom is -0.352 e. The Bertz CT molecular complexity index is 933. The smallest absolute Gasteiger partial charge is 0.325 e. The van der Waals surface area contributed by atoms with Crippen LogP contribution in [0.25, 0.3) is 0 Å². The van der Waals surface area contributed by atoms with Crippen molar-refractivity contribution in [1.29, 1.82) is 0 Å². The van der Waals surface area contributed by atoms with Crippen LogP contribution in [-0.2, 0) is 4.57 Å². The fourth-order valence-corrected chi connectivity index (χ4v) is 5.80. The van der Waals surface area contributed by atoms with E-state index in [-0.39, 0.29) is 25.0 Å². The average molecular weight is 427 g/mol. The van der Waals surface area contributed by atoms with Crippen LogP contribution >= 0.6 is 15.5 Å². The minimum absolute atomic E-state index is 0.229. The van der Waals surface area contributed by atoms with Gasteiger partial charge in [-0.3, -0.25) is 9.36 Å². The Labute approximate surface area is 171 Å². The summed E-state index contributed by atoms with van der Waals surface area (Å²) >= 11 is 0. The number of hydrogen-bond acceptors (Lipinski definition) is 2. The molecule has 1 amide bonds. The van der Waals surface area contributed by atoms with Crippen LogP contribution in [0.4, 0.5) is 0 Å². The molecule has 0 aliphatic carbocycles. The molecule has 0 unspecified atom stereocenters. The number of rotatable bonds is 8. The van der Waals surface area contributed by atoms with E-state index in [0.29, 0.717) is 5.56 Å². The van der Waals surface area contributed by atoms with Crippen molar-refractivity contribution in [2.45, 2.75) is 6.42 Å². The van der Waals surface area contributed by atoms with Gasteiger partial charge in [-0.25, -0.2) is 0 Å². The molecule has 0 atom stereocenters. The highest BCUT2D eigenvalue weighted by Gasteiger charge is 2.17. The lowest BCUT2D eigenvalue weighted by molar-refractivity contribution is 0.0953. The second-order valence-corrected chi connectivity index (χ2v) is 10.5. The molecule has 5 nitrogen and oxygen atoms in total. The van der Waals surface area contributed by atoms with Crippen LogP contribution < -0.4 is 21.2 Å². The van der Waals surface area contributed by atoms with Crippen molar-refractivity contribution in [3.05, 3.63) is 90.5 Å². The number of nitrogens with one attached hydrogen (secondary N) is 1. The zero-order chi connectivity index (χ0) is 20.7. The molecule has 0 saturated heterocycles. The van der Waals surface area contributed by atoms with Crippen LogP contribution in [0.2, 0.25) is 0 Å². The maximum Gasteiger partial charge on any atom is 0.325 e. The van der Waals surface area contributed by atoms with E-state index < -0.39 is 15.5 Å². The average Bonchev–Trinajstić information content (AvgIpc) is 2.73. The molecule has 3 rings (SSSR count). The zero-order valence-corrected chi connectivity index (χ0v) is 17.6. The zero-order valence-electron chi connectivity index (χ0n) is 15.8. The van der Waals surface area contributed by atoms with Gasteiger partial charge in [-0.2, -0.15) is 0 Å². The Morgan fingerprint density at radius 3 is 1.76 bits per heavy atom. The van der Waals surface area contributed by atoms with Gasteiger partial charge in [0.15, 0.2) is 0 Å². The van der Waals surface area contributed by atoms with Gasteiger partial charge >= 0.3 is 7.60 Å². The van der Waals surface area contributed by atoms with Gasteiger partial charge in [0.05, 0.1) is 6.16 Å². The van der Waals surface area contributed by atoms with E-state index in [1.807, 2.05) is 48.5 Å². The summed E-state index contributed by atoms with van der Waals surface area (Å²) in [4.78, 5) is 30.0. The van der Waals surface area contributed by atoms with Crippen LogP contribution in [0.5, 0.6) is 0 Å². The summed E-state index contributed by atoms with van der Waals surface area (Å²) in [5.41, 5.74) is 0.529. The molecule has 0 aliphatic rings. The maximum absolute atomic E-state index is 12.3. The lowest BCUT2D eigenvalue weighted by atomic mass is 10.2. The number of amides is 1. The van der Waals surface area contributed by atoms with Crippen molar-refractivity contribution < 1.29 is 19.1 Å². The Balaban J connectivity index is 1.74. The van der Waals surface area contributed by atoms with Gasteiger partial charge < -0.3 is 15.1 Å². The van der Waals surface area contributed by atoms with E-state index >= 15 is 0 Å². The van der Waals surface area contributed by atoms with Crippen LogP contribution in [0.3, 0.4) is 0 Å². The molecular weight excluding hydrogens is 404 g/mol. The van der Waals surface area contributed by atoms with E-state index in [0.717, 1.165) is 5.30 Å². The van der Waals surface area contributed by atoms with Crippen LogP contribution in [-0.4, -0.2) is 28.4 Å². The van der Waals surface area contributed by atoms with E-state index in [2.05, 4.69) is 29.6 Å². The van der Waals surface area contributed by atoms with Gasteiger partial charge in [0.2, 0.25) is 0 Å². The summed E-state index contributed by atoms with van der Waals surface area (Å²) in [6.07, 6.45) is 0.00603. The third-order valence-corrected chi connectivity index (χ3v) is 7.67. The third-order valence-electron chi connectivity index (χ3n) is 4.33. The summed E-state index contributed by atoms with van der Waals surface area (Å²) in [5, 5.41) is 6.33. The highest BCUT2D eigenvalue weighted by atomic mass is 31.2. The quantitative estimate of drug-likeness (QED) is 0.381. The summed E-state index contributed by atoms with van der Waals surface area (Å²) < 4.78 is 10.9. The Kier molecular flexibility index (Phi) is 7.35. The topological polar surface area (TPSA) is 86.6 Å². The molecule has 3 N–H and O–H groups in total. The van der Waals surface area contributed by atoms with Gasteiger partial charge in [0.1, 0.15) is 0 Å². The highest BCUT2D eigenvalue weighted by Crippen LogP contribution is 2.34. The SMILES string of the molecule is O=C(NCCCP(=O)(O)O)c1ccc(P(c2ccccc2)c2ccccc2)cc1. The van der Waals surface area contributed by atoms with Gasteiger partial charge in [-0.05, 0) is 42.4 Å². The van der Waals surface area contributed by atoms with Crippen molar-refractivity contribution in [2.24, 2.45) is 0 Å². The summed E-state index contributed by atoms with van der Waals surface area (Å²) in [5.74, 6) is -0.244. The predicted molar refractivity (Wildman–Crippen MR) is 119 cm³/mol. The van der Waals surface area contributed by atoms with E-state index in [1.165, 1.54) is 10.6 Å². The number of carbonyl (C=O) groups excluding carboxylic acids is 1. The standard InChI is InChI=1S/C22H23NO4P2/c24-22(23-16-7-17-29(25,26)27)18-12-14-21(15-13-18)28(19-8-3-1-4-9-19)20-10-5-2-6-11-20/h1-6,8-15H,7,16-17H2,(H,23,24)(H2,25,26,27). The molecule has 29 heavy (non-hydrogen) atoms. The summed E-state index contributed by atoms with van der Waals surface area (Å²) in [6, 6.07) is 28.2. The first-order chi connectivity index (χ1) is 13.9. The Morgan fingerprint density at radius 2 is 1.28 bits per heavy atom. The van der Waals surface area contributed by atoms with E-state index in [4.69, 9.17) is 9.79 Å². The lowest BCUT2D eigenvalue weighted by Crippen LogP contribution is -2.26. The normalized spacial score (nSPS) is 11.4. The molecule has 0 heterocycles. The second kappa shape index (κ2) is 9.96. The molecule has 0 spiro atoms. The number of hydrogen-bond donors (Lipinski definition) is 3. The van der Waals surface area contributed by atoms with Crippen LogP contribution in [0, 0.1) is 0 Å². The molecule has 7 heteroatoms. The van der Waals surface area contributed by atoms with Crippen molar-refractivity contribution in [3.63, 3.8) is 0 Å². The first-order valence-electron chi connectivity index (χ1n) is 9.27. The third kappa shape index (κ3) is 6.35. The highest BCUT2D eigenvalue weighted by molar-refractivity contribution is 7.79. The Hall–Kier alpha value is -2.29. The number of benzene rings is 3. The van der Waals surface area contributed by atoms with Crippen LogP contribution in [0.15, 0.2) is 84.9 Å². The summed E-state index contributed by atoms with van der Waals surface area (Å²) in [6.45, 7) is 0.229. The van der Waals surface area contributed by atoms with Gasteiger partial charge in [0, 0.05) is 12.1 Å². The molecule has 0 fully saturated rings. The molecule has 0 bridgehead atoms. The van der Waals surface area contributed by atoms with E-state index in [1.54, 1.807) is 12.1 Å². The van der Waals surface area contributed by atoms with Gasteiger partial charge in [-0.1, -0.05) is 72.8 Å². The molecule has 0 radical (unpaired) electrons. The molecule has 3 aromatic carbocycles.